The van der Waals surface area contributed by atoms with Gasteiger partial charge in [-0.3, -0.25) is 10.1 Å². The van der Waals surface area contributed by atoms with Crippen molar-refractivity contribution >= 4 is 34.2 Å². The van der Waals surface area contributed by atoms with Gasteiger partial charge >= 0.3 is 0 Å². The van der Waals surface area contributed by atoms with Crippen LogP contribution in [0.15, 0.2) is 21.5 Å². The van der Waals surface area contributed by atoms with Gasteiger partial charge in [-0.1, -0.05) is 0 Å². The van der Waals surface area contributed by atoms with E-state index >= 15 is 0 Å². The van der Waals surface area contributed by atoms with Crippen LogP contribution in [-0.2, 0) is 0 Å². The molecule has 5 heteroatoms. The van der Waals surface area contributed by atoms with Crippen LogP contribution in [0.1, 0.15) is 5.56 Å². The van der Waals surface area contributed by atoms with E-state index in [2.05, 4.69) is 28.6 Å². The largest absolute Gasteiger partial charge is 0.284 e. The van der Waals surface area contributed by atoms with Gasteiger partial charge in [0, 0.05) is 11.0 Å². The van der Waals surface area contributed by atoms with Crippen molar-refractivity contribution in [3.8, 4) is 0 Å². The molecule has 0 amide bonds. The first-order valence-corrected chi connectivity index (χ1v) is 4.40. The highest BCUT2D eigenvalue weighted by molar-refractivity contribution is 9.10. The molecule has 0 aliphatic carbocycles. The second-order valence-electron chi connectivity index (χ2n) is 2.35. The number of halogens is 1. The Bertz CT molecular complexity index is 340. The van der Waals surface area contributed by atoms with Crippen molar-refractivity contribution in [1.82, 2.24) is 0 Å². The van der Waals surface area contributed by atoms with E-state index in [-0.39, 0.29) is 5.69 Å². The van der Waals surface area contributed by atoms with E-state index in [1.165, 1.54) is 6.07 Å². The molecular formula is C7H6BrNO2S. The molecule has 0 aromatic heterocycles. The average Bonchev–Trinajstić information content (AvgIpc) is 1.96. The van der Waals surface area contributed by atoms with Crippen LogP contribution in [0.2, 0.25) is 0 Å². The molecule has 0 spiro atoms. The lowest BCUT2D eigenvalue weighted by Gasteiger charge is -2.00. The SMILES string of the molecule is Cc1cc(S)cc([N+](=O)[O-])c1Br. The fraction of sp³-hybridized carbons (Fsp3) is 0.143. The van der Waals surface area contributed by atoms with E-state index in [1.54, 1.807) is 13.0 Å². The van der Waals surface area contributed by atoms with Gasteiger partial charge in [0.05, 0.1) is 9.40 Å². The lowest BCUT2D eigenvalue weighted by atomic mass is 10.2. The first kappa shape index (κ1) is 9.54. The molecule has 1 aromatic rings. The minimum atomic E-state index is -0.434. The summed E-state index contributed by atoms with van der Waals surface area (Å²) in [5, 5.41) is 10.5. The summed E-state index contributed by atoms with van der Waals surface area (Å²) < 4.78 is 0.519. The third kappa shape index (κ3) is 1.78. The number of nitro benzene ring substituents is 1. The highest BCUT2D eigenvalue weighted by Gasteiger charge is 2.13. The predicted octanol–water partition coefficient (Wildman–Crippen LogP) is 2.95. The first-order chi connectivity index (χ1) is 5.52. The molecule has 0 saturated carbocycles. The molecular weight excluding hydrogens is 242 g/mol. The lowest BCUT2D eigenvalue weighted by Crippen LogP contribution is -1.91. The predicted molar refractivity (Wildman–Crippen MR) is 52.8 cm³/mol. The fourth-order valence-electron chi connectivity index (χ4n) is 0.865. The van der Waals surface area contributed by atoms with Gasteiger partial charge < -0.3 is 0 Å². The van der Waals surface area contributed by atoms with Crippen LogP contribution < -0.4 is 0 Å². The van der Waals surface area contributed by atoms with E-state index in [0.717, 1.165) is 5.56 Å². The number of nitro groups is 1. The zero-order chi connectivity index (χ0) is 9.30. The number of benzene rings is 1. The Kier molecular flexibility index (Phi) is 2.74. The zero-order valence-electron chi connectivity index (χ0n) is 6.24. The van der Waals surface area contributed by atoms with Crippen LogP contribution in [0.3, 0.4) is 0 Å². The minimum absolute atomic E-state index is 0.0556. The van der Waals surface area contributed by atoms with Gasteiger partial charge in [-0.15, -0.1) is 12.6 Å². The van der Waals surface area contributed by atoms with Gasteiger partial charge in [0.25, 0.3) is 5.69 Å². The van der Waals surface area contributed by atoms with Gasteiger partial charge in [0.15, 0.2) is 0 Å². The third-order valence-electron chi connectivity index (χ3n) is 1.42. The van der Waals surface area contributed by atoms with E-state index in [1.807, 2.05) is 0 Å². The van der Waals surface area contributed by atoms with E-state index in [4.69, 9.17) is 0 Å². The second-order valence-corrected chi connectivity index (χ2v) is 3.66. The summed E-state index contributed by atoms with van der Waals surface area (Å²) in [4.78, 5) is 10.6. The molecule has 0 aliphatic rings. The molecule has 0 atom stereocenters. The quantitative estimate of drug-likeness (QED) is 0.471. The number of nitrogens with zero attached hydrogens (tertiary/aromatic N) is 1. The summed E-state index contributed by atoms with van der Waals surface area (Å²) in [6.07, 6.45) is 0. The molecule has 1 rings (SSSR count). The molecule has 0 bridgehead atoms. The number of hydrogen-bond acceptors (Lipinski definition) is 3. The van der Waals surface area contributed by atoms with Crippen molar-refractivity contribution in [1.29, 1.82) is 0 Å². The molecule has 1 aromatic carbocycles. The van der Waals surface area contributed by atoms with Crippen molar-refractivity contribution < 1.29 is 4.92 Å². The Morgan fingerprint density at radius 2 is 2.17 bits per heavy atom. The van der Waals surface area contributed by atoms with Gasteiger partial charge in [0.2, 0.25) is 0 Å². The monoisotopic (exact) mass is 247 g/mol. The Hall–Kier alpha value is -0.550. The molecule has 0 saturated heterocycles. The van der Waals surface area contributed by atoms with Crippen molar-refractivity contribution in [3.05, 3.63) is 32.3 Å². The molecule has 0 radical (unpaired) electrons. The maximum Gasteiger partial charge on any atom is 0.284 e. The maximum absolute atomic E-state index is 10.5. The van der Waals surface area contributed by atoms with Crippen LogP contribution in [0.5, 0.6) is 0 Å². The normalized spacial score (nSPS) is 9.92. The summed E-state index contributed by atoms with van der Waals surface area (Å²) in [6, 6.07) is 3.18. The molecule has 0 fully saturated rings. The second kappa shape index (κ2) is 3.45. The molecule has 3 nitrogen and oxygen atoms in total. The Balaban J connectivity index is 3.37. The summed E-state index contributed by atoms with van der Waals surface area (Å²) in [7, 11) is 0. The van der Waals surface area contributed by atoms with E-state index < -0.39 is 4.92 Å². The highest BCUT2D eigenvalue weighted by Crippen LogP contribution is 2.30. The number of thiol groups is 1. The smallest absolute Gasteiger partial charge is 0.258 e. The lowest BCUT2D eigenvalue weighted by molar-refractivity contribution is -0.385. The number of aryl methyl sites for hydroxylation is 1. The molecule has 12 heavy (non-hydrogen) atoms. The van der Waals surface area contributed by atoms with Gasteiger partial charge in [-0.05, 0) is 34.5 Å². The fourth-order valence-corrected chi connectivity index (χ4v) is 1.55. The summed E-state index contributed by atoms with van der Waals surface area (Å²) >= 11 is 7.18. The standard InChI is InChI=1S/C7H6BrNO2S/c1-4-2-5(12)3-6(7(4)8)9(10)11/h2-3,12H,1H3. The summed E-state index contributed by atoms with van der Waals surface area (Å²) in [5.74, 6) is 0. The molecule has 0 aliphatic heterocycles. The number of rotatable bonds is 1. The van der Waals surface area contributed by atoms with Gasteiger partial charge in [-0.25, -0.2) is 0 Å². The Labute approximate surface area is 83.5 Å². The zero-order valence-corrected chi connectivity index (χ0v) is 8.72. The van der Waals surface area contributed by atoms with Crippen molar-refractivity contribution in [2.45, 2.75) is 11.8 Å². The van der Waals surface area contributed by atoms with Crippen LogP contribution in [-0.4, -0.2) is 4.92 Å². The maximum atomic E-state index is 10.5. The van der Waals surface area contributed by atoms with Crippen molar-refractivity contribution in [2.75, 3.05) is 0 Å². The topological polar surface area (TPSA) is 43.1 Å². The average molecular weight is 248 g/mol. The minimum Gasteiger partial charge on any atom is -0.258 e. The first-order valence-electron chi connectivity index (χ1n) is 3.16. The van der Waals surface area contributed by atoms with Crippen molar-refractivity contribution in [2.24, 2.45) is 0 Å². The Morgan fingerprint density at radius 1 is 1.58 bits per heavy atom. The van der Waals surface area contributed by atoms with Gasteiger partial charge in [-0.2, -0.15) is 0 Å². The van der Waals surface area contributed by atoms with E-state index in [9.17, 15) is 10.1 Å². The van der Waals surface area contributed by atoms with Crippen LogP contribution in [0, 0.1) is 17.0 Å². The third-order valence-corrected chi connectivity index (χ3v) is 2.71. The van der Waals surface area contributed by atoms with Crippen molar-refractivity contribution in [3.63, 3.8) is 0 Å². The van der Waals surface area contributed by atoms with Crippen LogP contribution in [0.4, 0.5) is 5.69 Å². The summed E-state index contributed by atoms with van der Waals surface area (Å²) in [5.41, 5.74) is 0.870. The number of hydrogen-bond donors (Lipinski definition) is 1. The van der Waals surface area contributed by atoms with Gasteiger partial charge in [0.1, 0.15) is 0 Å². The molecule has 0 N–H and O–H groups in total. The van der Waals surface area contributed by atoms with E-state index in [0.29, 0.717) is 9.37 Å². The summed E-state index contributed by atoms with van der Waals surface area (Å²) in [6.45, 7) is 1.79. The van der Waals surface area contributed by atoms with Crippen LogP contribution in [0.25, 0.3) is 0 Å². The molecule has 64 valence electrons. The molecule has 0 unspecified atom stereocenters. The highest BCUT2D eigenvalue weighted by atomic mass is 79.9. The Morgan fingerprint density at radius 3 is 2.67 bits per heavy atom. The molecule has 0 heterocycles. The van der Waals surface area contributed by atoms with Crippen LogP contribution >= 0.6 is 28.6 Å².